The second-order valence-corrected chi connectivity index (χ2v) is 7.30. The highest BCUT2D eigenvalue weighted by Crippen LogP contribution is 2.38. The molecule has 2 N–H and O–H groups in total. The summed E-state index contributed by atoms with van der Waals surface area (Å²) >= 11 is 0. The number of halogens is 1. The molecule has 1 aromatic carbocycles. The van der Waals surface area contributed by atoms with Crippen LogP contribution in [-0.4, -0.2) is 29.4 Å². The second-order valence-electron chi connectivity index (χ2n) is 7.30. The number of nitrogens with zero attached hydrogens (tertiary/aromatic N) is 3. The number of hydrogen-bond acceptors (Lipinski definition) is 5. The zero-order valence-electron chi connectivity index (χ0n) is 15.7. The molecule has 1 fully saturated rings. The van der Waals surface area contributed by atoms with Crippen LogP contribution in [0.5, 0.6) is 5.75 Å². The van der Waals surface area contributed by atoms with Gasteiger partial charge in [-0.05, 0) is 30.5 Å². The van der Waals surface area contributed by atoms with Crippen molar-refractivity contribution in [3.05, 3.63) is 40.8 Å². The summed E-state index contributed by atoms with van der Waals surface area (Å²) in [6, 6.07) is 6.41. The van der Waals surface area contributed by atoms with Crippen LogP contribution in [0.2, 0.25) is 0 Å². The first kappa shape index (κ1) is 18.2. The summed E-state index contributed by atoms with van der Waals surface area (Å²) in [6.45, 7) is 0.924. The van der Waals surface area contributed by atoms with Crippen LogP contribution in [0.4, 0.5) is 10.2 Å². The lowest BCUT2D eigenvalue weighted by Gasteiger charge is -2.35. The third-order valence-electron chi connectivity index (χ3n) is 5.65. The molecule has 6 nitrogen and oxygen atoms in total. The molecule has 7 heteroatoms. The number of carbonyl (C=O) groups excluding carboxylic acids is 1. The topological polar surface area (TPSA) is 92.2 Å². The normalized spacial score (nSPS) is 16.1. The number of amides is 1. The number of fused-ring (bicyclic) bond motifs is 1. The maximum atomic E-state index is 14.2. The largest absolute Gasteiger partial charge is 0.497 e. The van der Waals surface area contributed by atoms with Crippen LogP contribution in [0.3, 0.4) is 0 Å². The predicted molar refractivity (Wildman–Crippen MR) is 102 cm³/mol. The molecule has 2 aliphatic rings. The molecule has 1 aliphatic carbocycles. The Hall–Kier alpha value is -3.14. The predicted octanol–water partition coefficient (Wildman–Crippen LogP) is 3.03. The number of nitriles is 1. The molecule has 28 heavy (non-hydrogen) atoms. The van der Waals surface area contributed by atoms with Crippen LogP contribution in [0.1, 0.15) is 36.1 Å². The summed E-state index contributed by atoms with van der Waals surface area (Å²) in [5.74, 6) is 0.242. The van der Waals surface area contributed by atoms with E-state index in [4.69, 9.17) is 10.5 Å². The number of carbonyl (C=O) groups is 1. The molecule has 1 aliphatic heterocycles. The monoisotopic (exact) mass is 380 g/mol. The first-order chi connectivity index (χ1) is 13.5. The molecule has 0 spiro atoms. The van der Waals surface area contributed by atoms with E-state index in [0.29, 0.717) is 36.4 Å². The Kier molecular flexibility index (Phi) is 4.63. The summed E-state index contributed by atoms with van der Waals surface area (Å²) in [6.07, 6.45) is 3.51. The Labute approximate surface area is 162 Å². The van der Waals surface area contributed by atoms with Crippen LogP contribution < -0.4 is 10.5 Å². The highest BCUT2D eigenvalue weighted by molar-refractivity contribution is 5.83. The molecule has 2 aromatic rings. The SMILES string of the molecule is COc1cc(F)cc(-c2c(C#N)c(N)nc3c2CN(C(=O)C2CCC2)CC3)c1. The third-order valence-corrected chi connectivity index (χ3v) is 5.65. The van der Waals surface area contributed by atoms with Gasteiger partial charge in [0.15, 0.2) is 0 Å². The summed E-state index contributed by atoms with van der Waals surface area (Å²) < 4.78 is 19.3. The van der Waals surface area contributed by atoms with Gasteiger partial charge >= 0.3 is 0 Å². The van der Waals surface area contributed by atoms with Crippen molar-refractivity contribution in [3.63, 3.8) is 0 Å². The maximum absolute atomic E-state index is 14.2. The highest BCUT2D eigenvalue weighted by Gasteiger charge is 2.33. The lowest BCUT2D eigenvalue weighted by molar-refractivity contribution is -0.139. The van der Waals surface area contributed by atoms with E-state index in [1.54, 1.807) is 6.07 Å². The summed E-state index contributed by atoms with van der Waals surface area (Å²) in [4.78, 5) is 19.0. The first-order valence-electron chi connectivity index (χ1n) is 9.37. The van der Waals surface area contributed by atoms with Crippen LogP contribution in [0.15, 0.2) is 18.2 Å². The lowest BCUT2D eigenvalue weighted by Crippen LogP contribution is -2.42. The van der Waals surface area contributed by atoms with Gasteiger partial charge in [0, 0.05) is 42.6 Å². The number of hydrogen-bond donors (Lipinski definition) is 1. The van der Waals surface area contributed by atoms with Gasteiger partial charge < -0.3 is 15.4 Å². The minimum absolute atomic E-state index is 0.0939. The lowest BCUT2D eigenvalue weighted by atomic mass is 9.83. The Bertz CT molecular complexity index is 995. The second kappa shape index (κ2) is 7.12. The van der Waals surface area contributed by atoms with Gasteiger partial charge in [-0.25, -0.2) is 9.37 Å². The first-order valence-corrected chi connectivity index (χ1v) is 9.37. The fourth-order valence-electron chi connectivity index (χ4n) is 3.94. The van der Waals surface area contributed by atoms with E-state index >= 15 is 0 Å². The molecular formula is C21H21FN4O2. The number of benzene rings is 1. The van der Waals surface area contributed by atoms with Gasteiger partial charge in [0.25, 0.3) is 0 Å². The number of nitrogen functional groups attached to an aromatic ring is 1. The molecule has 0 bridgehead atoms. The highest BCUT2D eigenvalue weighted by atomic mass is 19.1. The van der Waals surface area contributed by atoms with E-state index in [9.17, 15) is 14.4 Å². The van der Waals surface area contributed by atoms with Crippen molar-refractivity contribution in [2.75, 3.05) is 19.4 Å². The third kappa shape index (κ3) is 3.05. The van der Waals surface area contributed by atoms with Gasteiger partial charge in [0.2, 0.25) is 5.91 Å². The number of anilines is 1. The van der Waals surface area contributed by atoms with Crippen molar-refractivity contribution >= 4 is 11.7 Å². The van der Waals surface area contributed by atoms with Crippen LogP contribution >= 0.6 is 0 Å². The molecule has 0 radical (unpaired) electrons. The van der Waals surface area contributed by atoms with Crippen molar-refractivity contribution in [3.8, 4) is 22.9 Å². The summed E-state index contributed by atoms with van der Waals surface area (Å²) in [5, 5.41) is 9.69. The summed E-state index contributed by atoms with van der Waals surface area (Å²) in [5.41, 5.74) is 8.79. The van der Waals surface area contributed by atoms with Gasteiger partial charge in [-0.1, -0.05) is 6.42 Å². The van der Waals surface area contributed by atoms with Crippen LogP contribution in [0, 0.1) is 23.1 Å². The van der Waals surface area contributed by atoms with E-state index < -0.39 is 5.82 Å². The van der Waals surface area contributed by atoms with Crippen LogP contribution in [0.25, 0.3) is 11.1 Å². The Morgan fingerprint density at radius 2 is 2.18 bits per heavy atom. The zero-order valence-corrected chi connectivity index (χ0v) is 15.7. The van der Waals surface area contributed by atoms with Gasteiger partial charge in [-0.15, -0.1) is 0 Å². The van der Waals surface area contributed by atoms with Crippen molar-refractivity contribution in [2.45, 2.75) is 32.2 Å². The number of rotatable bonds is 3. The minimum atomic E-state index is -0.472. The number of methoxy groups -OCH3 is 1. The van der Waals surface area contributed by atoms with Crippen LogP contribution in [-0.2, 0) is 17.8 Å². The summed E-state index contributed by atoms with van der Waals surface area (Å²) in [7, 11) is 1.46. The fraction of sp³-hybridized carbons (Fsp3) is 0.381. The molecule has 144 valence electrons. The fourth-order valence-corrected chi connectivity index (χ4v) is 3.94. The Morgan fingerprint density at radius 3 is 2.82 bits per heavy atom. The quantitative estimate of drug-likeness (QED) is 0.884. The van der Waals surface area contributed by atoms with Gasteiger partial charge in [-0.3, -0.25) is 4.79 Å². The van der Waals surface area contributed by atoms with E-state index in [2.05, 4.69) is 11.1 Å². The number of nitrogens with two attached hydrogens (primary N) is 1. The average molecular weight is 380 g/mol. The van der Waals surface area contributed by atoms with E-state index in [1.165, 1.54) is 19.2 Å². The maximum Gasteiger partial charge on any atom is 0.225 e. The minimum Gasteiger partial charge on any atom is -0.497 e. The molecule has 1 aromatic heterocycles. The Balaban J connectivity index is 1.84. The van der Waals surface area contributed by atoms with Crippen molar-refractivity contribution in [1.29, 1.82) is 5.26 Å². The molecule has 0 saturated heterocycles. The van der Waals surface area contributed by atoms with E-state index in [0.717, 1.165) is 30.5 Å². The molecule has 1 amide bonds. The number of ether oxygens (including phenoxy) is 1. The van der Waals surface area contributed by atoms with E-state index in [-0.39, 0.29) is 23.2 Å². The van der Waals surface area contributed by atoms with Crippen molar-refractivity contribution in [1.82, 2.24) is 9.88 Å². The molecule has 2 heterocycles. The molecule has 0 unspecified atom stereocenters. The molecule has 4 rings (SSSR count). The standard InChI is InChI=1S/C21H21FN4O2/c1-28-15-8-13(7-14(22)9-15)19-16(10-23)20(24)25-18-5-6-26(11-17(18)19)21(27)12-3-2-4-12/h7-9,12H,2-6,11H2,1H3,(H2,24,25). The Morgan fingerprint density at radius 1 is 1.39 bits per heavy atom. The van der Waals surface area contributed by atoms with Gasteiger partial charge in [0.1, 0.15) is 29.0 Å². The average Bonchev–Trinajstić information content (AvgIpc) is 2.64. The zero-order chi connectivity index (χ0) is 19.8. The van der Waals surface area contributed by atoms with Crippen molar-refractivity contribution < 1.29 is 13.9 Å². The number of pyridine rings is 1. The van der Waals surface area contributed by atoms with Crippen molar-refractivity contribution in [2.24, 2.45) is 5.92 Å². The molecule has 1 saturated carbocycles. The molecular weight excluding hydrogens is 359 g/mol. The number of aromatic nitrogens is 1. The van der Waals surface area contributed by atoms with Gasteiger partial charge in [0.05, 0.1) is 12.8 Å². The van der Waals surface area contributed by atoms with Gasteiger partial charge in [-0.2, -0.15) is 5.26 Å². The smallest absolute Gasteiger partial charge is 0.225 e. The molecule has 0 atom stereocenters. The van der Waals surface area contributed by atoms with E-state index in [1.807, 2.05) is 4.90 Å².